The molecule has 0 heterocycles. The predicted octanol–water partition coefficient (Wildman–Crippen LogP) is 4.31. The topological polar surface area (TPSA) is 12.0 Å². The highest BCUT2D eigenvalue weighted by Crippen LogP contribution is 2.18. The molecule has 0 aromatic heterocycles. The maximum absolute atomic E-state index is 4.09. The molecule has 0 aromatic rings. The molecule has 16 heavy (non-hydrogen) atoms. The largest absolute Gasteiger partial charge is 0.314 e. The third-order valence-electron chi connectivity index (χ3n) is 2.97. The summed E-state index contributed by atoms with van der Waals surface area (Å²) in [5.41, 5.74) is 1.18. The zero-order valence-corrected chi connectivity index (χ0v) is 11.4. The molecule has 1 unspecified atom stereocenters. The fourth-order valence-corrected chi connectivity index (χ4v) is 1.78. The van der Waals surface area contributed by atoms with Crippen LogP contribution in [0, 0.1) is 5.92 Å². The average molecular weight is 223 g/mol. The highest BCUT2D eigenvalue weighted by atomic mass is 14.9. The van der Waals surface area contributed by atoms with Crippen molar-refractivity contribution >= 4 is 0 Å². The molecule has 0 spiro atoms. The molecule has 0 aliphatic heterocycles. The molecule has 1 nitrogen and oxygen atoms in total. The third-order valence-corrected chi connectivity index (χ3v) is 2.97. The number of nitrogens with one attached hydrogen (secondary N) is 1. The van der Waals surface area contributed by atoms with Crippen molar-refractivity contribution in [3.8, 4) is 0 Å². The van der Waals surface area contributed by atoms with Gasteiger partial charge in [-0.3, -0.25) is 0 Å². The van der Waals surface area contributed by atoms with Gasteiger partial charge in [-0.25, -0.2) is 0 Å². The van der Waals surface area contributed by atoms with Crippen LogP contribution < -0.4 is 5.32 Å². The van der Waals surface area contributed by atoms with E-state index in [1.165, 1.54) is 37.7 Å². The second-order valence-corrected chi connectivity index (χ2v) is 4.89. The molecule has 0 radical (unpaired) electrons. The molecule has 0 bridgehead atoms. The van der Waals surface area contributed by atoms with Crippen LogP contribution in [-0.2, 0) is 0 Å². The lowest BCUT2D eigenvalue weighted by Gasteiger charge is -2.19. The Balaban J connectivity index is 3.91. The van der Waals surface area contributed by atoms with Crippen molar-refractivity contribution < 1.29 is 0 Å². The van der Waals surface area contributed by atoms with Gasteiger partial charge >= 0.3 is 0 Å². The number of rotatable bonds is 10. The van der Waals surface area contributed by atoms with Crippen molar-refractivity contribution in [2.75, 3.05) is 6.54 Å². The van der Waals surface area contributed by atoms with Crippen molar-refractivity contribution in [3.63, 3.8) is 0 Å². The first-order chi connectivity index (χ1) is 7.61. The van der Waals surface area contributed by atoms with Gasteiger partial charge in [0.05, 0.1) is 0 Å². The Labute approximate surface area is 102 Å². The van der Waals surface area contributed by atoms with Crippen molar-refractivity contribution in [3.05, 3.63) is 24.8 Å². The van der Waals surface area contributed by atoms with Gasteiger partial charge in [0.1, 0.15) is 0 Å². The minimum atomic E-state index is 0.552. The molecule has 0 saturated carbocycles. The standard InChI is InChI=1S/C15H29N/c1-6-8-9-10-11-15(14(5)7-2)12-16-13(3)4/h7,13,15-16H,2,5-6,8-12H2,1,3-4H3. The number of hydrogen-bond acceptors (Lipinski definition) is 1. The monoisotopic (exact) mass is 223 g/mol. The van der Waals surface area contributed by atoms with Crippen LogP contribution in [-0.4, -0.2) is 12.6 Å². The Morgan fingerprint density at radius 1 is 1.25 bits per heavy atom. The van der Waals surface area contributed by atoms with Gasteiger partial charge in [-0.15, -0.1) is 0 Å². The Kier molecular flexibility index (Phi) is 9.31. The molecule has 0 fully saturated rings. The molecule has 94 valence electrons. The van der Waals surface area contributed by atoms with E-state index in [1.54, 1.807) is 0 Å². The van der Waals surface area contributed by atoms with Crippen LogP contribution in [0.15, 0.2) is 24.8 Å². The van der Waals surface area contributed by atoms with Crippen LogP contribution in [0.4, 0.5) is 0 Å². The summed E-state index contributed by atoms with van der Waals surface area (Å²) in [4.78, 5) is 0. The first-order valence-corrected chi connectivity index (χ1v) is 6.66. The van der Waals surface area contributed by atoms with E-state index in [0.717, 1.165) is 6.54 Å². The highest BCUT2D eigenvalue weighted by Gasteiger charge is 2.10. The van der Waals surface area contributed by atoms with Crippen molar-refractivity contribution in [1.82, 2.24) is 5.32 Å². The predicted molar refractivity (Wildman–Crippen MR) is 74.7 cm³/mol. The first kappa shape index (κ1) is 15.4. The van der Waals surface area contributed by atoms with E-state index in [2.05, 4.69) is 39.2 Å². The summed E-state index contributed by atoms with van der Waals surface area (Å²) in [5.74, 6) is 0.566. The highest BCUT2D eigenvalue weighted by molar-refractivity contribution is 5.15. The maximum Gasteiger partial charge on any atom is 0.00222 e. The van der Waals surface area contributed by atoms with Gasteiger partial charge in [0.2, 0.25) is 0 Å². The molecular weight excluding hydrogens is 194 g/mol. The van der Waals surface area contributed by atoms with Crippen molar-refractivity contribution in [2.45, 2.75) is 58.9 Å². The molecular formula is C15H29N. The van der Waals surface area contributed by atoms with Crippen LogP contribution >= 0.6 is 0 Å². The van der Waals surface area contributed by atoms with Gasteiger partial charge in [0.15, 0.2) is 0 Å². The minimum Gasteiger partial charge on any atom is -0.314 e. The van der Waals surface area contributed by atoms with E-state index in [4.69, 9.17) is 0 Å². The SMILES string of the molecule is C=CC(=C)C(CCCCCC)CNC(C)C. The smallest absolute Gasteiger partial charge is 0.00222 e. The van der Waals surface area contributed by atoms with E-state index < -0.39 is 0 Å². The molecule has 1 heteroatoms. The van der Waals surface area contributed by atoms with Gasteiger partial charge in [0, 0.05) is 12.6 Å². The summed E-state index contributed by atoms with van der Waals surface area (Å²) < 4.78 is 0. The van der Waals surface area contributed by atoms with Crippen molar-refractivity contribution in [2.24, 2.45) is 5.92 Å². The van der Waals surface area contributed by atoms with Gasteiger partial charge in [-0.2, -0.15) is 0 Å². The average Bonchev–Trinajstić information content (AvgIpc) is 2.27. The van der Waals surface area contributed by atoms with Crippen LogP contribution in [0.25, 0.3) is 0 Å². The third kappa shape index (κ3) is 7.70. The van der Waals surface area contributed by atoms with Gasteiger partial charge < -0.3 is 5.32 Å². The van der Waals surface area contributed by atoms with Crippen LogP contribution in [0.5, 0.6) is 0 Å². The molecule has 0 amide bonds. The second-order valence-electron chi connectivity index (χ2n) is 4.89. The van der Waals surface area contributed by atoms with E-state index in [0.29, 0.717) is 12.0 Å². The Morgan fingerprint density at radius 2 is 1.94 bits per heavy atom. The Hall–Kier alpha value is -0.560. The fraction of sp³-hybridized carbons (Fsp3) is 0.733. The fourth-order valence-electron chi connectivity index (χ4n) is 1.78. The summed E-state index contributed by atoms with van der Waals surface area (Å²) in [6.07, 6.45) is 8.46. The van der Waals surface area contributed by atoms with Gasteiger partial charge in [-0.05, 0) is 12.3 Å². The number of hydrogen-bond donors (Lipinski definition) is 1. The van der Waals surface area contributed by atoms with E-state index >= 15 is 0 Å². The van der Waals surface area contributed by atoms with Gasteiger partial charge in [0.25, 0.3) is 0 Å². The van der Waals surface area contributed by atoms with E-state index in [-0.39, 0.29) is 0 Å². The zero-order chi connectivity index (χ0) is 12.4. The molecule has 0 aromatic carbocycles. The normalized spacial score (nSPS) is 12.8. The summed E-state index contributed by atoms with van der Waals surface area (Å²) in [7, 11) is 0. The first-order valence-electron chi connectivity index (χ1n) is 6.66. The number of unbranched alkanes of at least 4 members (excludes halogenated alkanes) is 3. The van der Waals surface area contributed by atoms with Crippen LogP contribution in [0.3, 0.4) is 0 Å². The lowest BCUT2D eigenvalue weighted by atomic mass is 9.93. The molecule has 1 atom stereocenters. The molecule has 0 aliphatic carbocycles. The zero-order valence-electron chi connectivity index (χ0n) is 11.4. The molecule has 0 rings (SSSR count). The molecule has 0 saturated heterocycles. The van der Waals surface area contributed by atoms with Crippen LogP contribution in [0.1, 0.15) is 52.9 Å². The maximum atomic E-state index is 4.09. The summed E-state index contributed by atoms with van der Waals surface area (Å²) in [5, 5.41) is 3.49. The second kappa shape index (κ2) is 9.65. The minimum absolute atomic E-state index is 0.552. The Morgan fingerprint density at radius 3 is 2.44 bits per heavy atom. The number of allylic oxidation sites excluding steroid dienone is 1. The summed E-state index contributed by atoms with van der Waals surface area (Å²) in [6.45, 7) is 15.6. The molecule has 1 N–H and O–H groups in total. The lowest BCUT2D eigenvalue weighted by molar-refractivity contribution is 0.456. The molecule has 0 aliphatic rings. The van der Waals surface area contributed by atoms with Crippen LogP contribution in [0.2, 0.25) is 0 Å². The quantitative estimate of drug-likeness (QED) is 0.430. The summed E-state index contributed by atoms with van der Waals surface area (Å²) in [6, 6.07) is 0.552. The summed E-state index contributed by atoms with van der Waals surface area (Å²) >= 11 is 0. The lowest BCUT2D eigenvalue weighted by Crippen LogP contribution is -2.29. The van der Waals surface area contributed by atoms with Crippen molar-refractivity contribution in [1.29, 1.82) is 0 Å². The van der Waals surface area contributed by atoms with E-state index in [9.17, 15) is 0 Å². The Bertz CT molecular complexity index is 194. The van der Waals surface area contributed by atoms with Gasteiger partial charge in [-0.1, -0.05) is 71.3 Å². The van der Waals surface area contributed by atoms with E-state index in [1.807, 2.05) is 6.08 Å².